The van der Waals surface area contributed by atoms with Gasteiger partial charge in [0.25, 0.3) is 5.91 Å². The zero-order valence-corrected chi connectivity index (χ0v) is 16.7. The van der Waals surface area contributed by atoms with Crippen LogP contribution in [0.15, 0.2) is 24.3 Å². The topological polar surface area (TPSA) is 194 Å². The van der Waals surface area contributed by atoms with E-state index in [0.29, 0.717) is 5.56 Å². The molecule has 1 aromatic rings. The van der Waals surface area contributed by atoms with E-state index >= 15 is 0 Å². The number of aliphatic carboxylic acids is 2. The third-order valence-electron chi connectivity index (χ3n) is 4.90. The minimum absolute atomic E-state index is 0.0662. The third kappa shape index (κ3) is 5.56. The maximum absolute atomic E-state index is 12.7. The Balaban J connectivity index is 2.07. The van der Waals surface area contributed by atoms with Gasteiger partial charge in [-0.1, -0.05) is 12.1 Å². The van der Waals surface area contributed by atoms with E-state index in [1.54, 1.807) is 0 Å². The van der Waals surface area contributed by atoms with E-state index in [2.05, 4.69) is 5.32 Å². The largest absolute Gasteiger partial charge is 0.481 e. The number of nitrogens with zero attached hydrogens (tertiary/aromatic N) is 2. The Labute approximate surface area is 177 Å². The van der Waals surface area contributed by atoms with Crippen LogP contribution in [-0.4, -0.2) is 87.2 Å². The van der Waals surface area contributed by atoms with Gasteiger partial charge < -0.3 is 31.1 Å². The van der Waals surface area contributed by atoms with Gasteiger partial charge in [0.15, 0.2) is 0 Å². The van der Waals surface area contributed by atoms with Crippen LogP contribution in [0.5, 0.6) is 0 Å². The lowest BCUT2D eigenvalue weighted by molar-refractivity contribution is -0.161. The molecule has 2 rings (SSSR count). The van der Waals surface area contributed by atoms with Crippen LogP contribution in [0.25, 0.3) is 0 Å². The van der Waals surface area contributed by atoms with Crippen molar-refractivity contribution in [2.24, 2.45) is 5.73 Å². The van der Waals surface area contributed by atoms with Gasteiger partial charge in [-0.3, -0.25) is 24.6 Å². The Bertz CT molecular complexity index is 915. The smallest absolute Gasteiger partial charge is 0.326 e. The van der Waals surface area contributed by atoms with Gasteiger partial charge in [0.05, 0.1) is 13.0 Å². The number of hydrogen-bond acceptors (Lipinski definition) is 6. The number of amides is 3. The first-order valence-electron chi connectivity index (χ1n) is 9.30. The lowest BCUT2D eigenvalue weighted by atomic mass is 10.1. The van der Waals surface area contributed by atoms with Gasteiger partial charge in [-0.15, -0.1) is 0 Å². The lowest BCUT2D eigenvalue weighted by Crippen LogP contribution is -2.63. The highest BCUT2D eigenvalue weighted by atomic mass is 16.4. The highest BCUT2D eigenvalue weighted by Crippen LogP contribution is 2.18. The van der Waals surface area contributed by atoms with Crippen molar-refractivity contribution in [2.45, 2.75) is 25.4 Å². The fourth-order valence-corrected chi connectivity index (χ4v) is 3.15. The molecule has 1 heterocycles. The molecular weight excluding hydrogens is 410 g/mol. The molecule has 6 N–H and O–H groups in total. The van der Waals surface area contributed by atoms with E-state index in [1.165, 1.54) is 31.2 Å². The second-order valence-corrected chi connectivity index (χ2v) is 6.92. The molecule has 12 heteroatoms. The van der Waals surface area contributed by atoms with E-state index in [-0.39, 0.29) is 24.5 Å². The Hall–Kier alpha value is -3.96. The number of nitrogens with one attached hydrogen (secondary N) is 2. The van der Waals surface area contributed by atoms with Crippen LogP contribution in [0.2, 0.25) is 0 Å². The molecule has 2 atom stereocenters. The van der Waals surface area contributed by atoms with Gasteiger partial charge in [0.1, 0.15) is 17.9 Å². The monoisotopic (exact) mass is 433 g/mol. The Morgan fingerprint density at radius 2 is 1.74 bits per heavy atom. The minimum atomic E-state index is -1.37. The van der Waals surface area contributed by atoms with Crippen LogP contribution in [0, 0.1) is 5.41 Å². The Kier molecular flexibility index (Phi) is 7.29. The van der Waals surface area contributed by atoms with Crippen molar-refractivity contribution in [1.82, 2.24) is 15.1 Å². The molecule has 1 aromatic carbocycles. The molecule has 1 aliphatic heterocycles. The molecule has 0 spiro atoms. The van der Waals surface area contributed by atoms with Gasteiger partial charge >= 0.3 is 11.9 Å². The standard InChI is InChI=1S/C19H23N5O7/c1-10(19(30)31)23-6-7-24(13(18(23)29)8-15(26)27)14(25)9-22-17(28)12-4-2-11(3-5-12)16(20)21/h2-5,10,13H,6-9H2,1H3,(H3,20,21)(H,22,28)(H,26,27)(H,30,31)/t10-,13-/m0/s1. The quantitative estimate of drug-likeness (QED) is 0.246. The number of carbonyl (C=O) groups is 5. The van der Waals surface area contributed by atoms with Crippen LogP contribution in [0.3, 0.4) is 0 Å². The molecule has 0 unspecified atom stereocenters. The summed E-state index contributed by atoms with van der Waals surface area (Å²) >= 11 is 0. The molecule has 166 valence electrons. The second kappa shape index (κ2) is 9.69. The first kappa shape index (κ1) is 23.3. The molecule has 12 nitrogen and oxygen atoms in total. The van der Waals surface area contributed by atoms with E-state index in [1.807, 2.05) is 0 Å². The Morgan fingerprint density at radius 1 is 1.16 bits per heavy atom. The number of piperazine rings is 1. The number of nitrogen functional groups attached to an aromatic ring is 1. The molecular formula is C19H23N5O7. The third-order valence-corrected chi connectivity index (χ3v) is 4.90. The molecule has 0 aliphatic carbocycles. The van der Waals surface area contributed by atoms with E-state index in [4.69, 9.17) is 21.4 Å². The molecule has 0 radical (unpaired) electrons. The number of carboxylic acid groups (broad SMARTS) is 2. The highest BCUT2D eigenvalue weighted by molar-refractivity contribution is 6.00. The van der Waals surface area contributed by atoms with Crippen molar-refractivity contribution in [3.63, 3.8) is 0 Å². The molecule has 3 amide bonds. The fourth-order valence-electron chi connectivity index (χ4n) is 3.15. The number of benzene rings is 1. The van der Waals surface area contributed by atoms with Crippen LogP contribution >= 0.6 is 0 Å². The molecule has 0 aromatic heterocycles. The van der Waals surface area contributed by atoms with Crippen LogP contribution in [0.4, 0.5) is 0 Å². The molecule has 0 saturated carbocycles. The fraction of sp³-hybridized carbons (Fsp3) is 0.368. The maximum Gasteiger partial charge on any atom is 0.326 e. The predicted octanol–water partition coefficient (Wildman–Crippen LogP) is -1.31. The second-order valence-electron chi connectivity index (χ2n) is 6.92. The predicted molar refractivity (Wildman–Crippen MR) is 106 cm³/mol. The van der Waals surface area contributed by atoms with Gasteiger partial charge in [-0.25, -0.2) is 4.79 Å². The van der Waals surface area contributed by atoms with Crippen molar-refractivity contribution >= 4 is 35.5 Å². The number of carbonyl (C=O) groups excluding carboxylic acids is 3. The number of amidine groups is 1. The number of rotatable bonds is 8. The summed E-state index contributed by atoms with van der Waals surface area (Å²) in [5.41, 5.74) is 6.00. The molecule has 1 fully saturated rings. The zero-order valence-electron chi connectivity index (χ0n) is 16.7. The molecule has 0 bridgehead atoms. The number of carboxylic acids is 2. The van der Waals surface area contributed by atoms with Gasteiger partial charge in [0.2, 0.25) is 11.8 Å². The van der Waals surface area contributed by atoms with Gasteiger partial charge in [-0.2, -0.15) is 0 Å². The summed E-state index contributed by atoms with van der Waals surface area (Å²) in [7, 11) is 0. The molecule has 31 heavy (non-hydrogen) atoms. The first-order valence-corrected chi connectivity index (χ1v) is 9.30. The average molecular weight is 433 g/mol. The SMILES string of the molecule is C[C@@H](C(=O)O)N1CCN(C(=O)CNC(=O)c2ccc(C(=N)N)cc2)[C@@H](CC(=O)O)C1=O. The van der Waals surface area contributed by atoms with Gasteiger partial charge in [0, 0.05) is 24.2 Å². The van der Waals surface area contributed by atoms with E-state index in [0.717, 1.165) is 9.80 Å². The summed E-state index contributed by atoms with van der Waals surface area (Å²) in [6.45, 7) is 0.677. The minimum Gasteiger partial charge on any atom is -0.481 e. The van der Waals surface area contributed by atoms with Crippen molar-refractivity contribution < 1.29 is 34.2 Å². The lowest BCUT2D eigenvalue weighted by Gasteiger charge is -2.41. The van der Waals surface area contributed by atoms with Crippen molar-refractivity contribution in [3.8, 4) is 0 Å². The zero-order chi connectivity index (χ0) is 23.3. The summed E-state index contributed by atoms with van der Waals surface area (Å²) in [5.74, 6) is -4.75. The molecule has 1 saturated heterocycles. The number of hydrogen-bond donors (Lipinski definition) is 5. The van der Waals surface area contributed by atoms with E-state index < -0.39 is 54.7 Å². The van der Waals surface area contributed by atoms with Crippen LogP contribution in [0.1, 0.15) is 29.3 Å². The summed E-state index contributed by atoms with van der Waals surface area (Å²) in [4.78, 5) is 62.0. The Morgan fingerprint density at radius 3 is 2.26 bits per heavy atom. The van der Waals surface area contributed by atoms with Crippen molar-refractivity contribution in [2.75, 3.05) is 19.6 Å². The van der Waals surface area contributed by atoms with E-state index in [9.17, 15) is 24.0 Å². The summed E-state index contributed by atoms with van der Waals surface area (Å²) in [5, 5.41) is 28.0. The average Bonchev–Trinajstić information content (AvgIpc) is 2.72. The first-order chi connectivity index (χ1) is 14.5. The summed E-state index contributed by atoms with van der Waals surface area (Å²) in [6, 6.07) is 3.28. The summed E-state index contributed by atoms with van der Waals surface area (Å²) in [6.07, 6.45) is -0.687. The van der Waals surface area contributed by atoms with Crippen molar-refractivity contribution in [1.29, 1.82) is 5.41 Å². The summed E-state index contributed by atoms with van der Waals surface area (Å²) < 4.78 is 0. The number of nitrogens with two attached hydrogens (primary N) is 1. The highest BCUT2D eigenvalue weighted by Gasteiger charge is 2.41. The van der Waals surface area contributed by atoms with Crippen molar-refractivity contribution in [3.05, 3.63) is 35.4 Å². The normalized spacial score (nSPS) is 17.1. The van der Waals surface area contributed by atoms with Gasteiger partial charge in [-0.05, 0) is 19.1 Å². The molecule has 1 aliphatic rings. The van der Waals surface area contributed by atoms with Crippen LogP contribution < -0.4 is 11.1 Å². The maximum atomic E-state index is 12.7. The van der Waals surface area contributed by atoms with Crippen LogP contribution in [-0.2, 0) is 19.2 Å².